The van der Waals surface area contributed by atoms with Crippen molar-refractivity contribution in [2.75, 3.05) is 0 Å². The highest BCUT2D eigenvalue weighted by Gasteiger charge is 2.21. The van der Waals surface area contributed by atoms with E-state index in [2.05, 4.69) is 5.10 Å². The third-order valence-corrected chi connectivity index (χ3v) is 2.38. The molecule has 2 amide bonds. The van der Waals surface area contributed by atoms with Crippen LogP contribution in [0.3, 0.4) is 0 Å². The molecule has 0 aliphatic rings. The lowest BCUT2D eigenvalue weighted by Gasteiger charge is -2.06. The average molecular weight is 252 g/mol. The highest BCUT2D eigenvalue weighted by molar-refractivity contribution is 5.87. The number of urea groups is 1. The van der Waals surface area contributed by atoms with Gasteiger partial charge in [0.25, 0.3) is 0 Å². The Kier molecular flexibility index (Phi) is 3.82. The summed E-state index contributed by atoms with van der Waals surface area (Å²) in [6.07, 6.45) is 1.08. The molecule has 96 valence electrons. The van der Waals surface area contributed by atoms with Crippen molar-refractivity contribution < 1.29 is 14.8 Å². The number of hydrogen-bond acceptors (Lipinski definition) is 5. The Balaban J connectivity index is 3.26. The number of phenols is 1. The number of nitrogens with two attached hydrogens (primary N) is 1. The lowest BCUT2D eigenvalue weighted by Crippen LogP contribution is -2.24. The molecule has 1 rings (SSSR count). The van der Waals surface area contributed by atoms with Crippen molar-refractivity contribution in [1.29, 1.82) is 0 Å². The van der Waals surface area contributed by atoms with E-state index < -0.39 is 16.7 Å². The van der Waals surface area contributed by atoms with Crippen LogP contribution in [0.2, 0.25) is 0 Å². The van der Waals surface area contributed by atoms with Gasteiger partial charge in [0, 0.05) is 11.1 Å². The minimum Gasteiger partial charge on any atom is -0.502 e. The average Bonchev–Trinajstić information content (AvgIpc) is 2.24. The Labute approximate surface area is 102 Å². The van der Waals surface area contributed by atoms with E-state index in [0.717, 1.165) is 6.21 Å². The molecule has 0 unspecified atom stereocenters. The number of nitro benzene ring substituents is 1. The molecular formula is C10H12N4O4. The number of nitrogens with zero attached hydrogens (tertiary/aromatic N) is 2. The van der Waals surface area contributed by atoms with E-state index in [1.165, 1.54) is 13.0 Å². The largest absolute Gasteiger partial charge is 0.502 e. The van der Waals surface area contributed by atoms with E-state index in [-0.39, 0.29) is 11.3 Å². The van der Waals surface area contributed by atoms with Gasteiger partial charge >= 0.3 is 11.7 Å². The zero-order valence-electron chi connectivity index (χ0n) is 9.80. The minimum absolute atomic E-state index is 0.124. The Morgan fingerprint density at radius 2 is 2.22 bits per heavy atom. The highest BCUT2D eigenvalue weighted by Crippen LogP contribution is 2.34. The van der Waals surface area contributed by atoms with Crippen LogP contribution in [0.1, 0.15) is 16.7 Å². The monoisotopic (exact) mass is 252 g/mol. The molecule has 4 N–H and O–H groups in total. The molecule has 0 heterocycles. The third kappa shape index (κ3) is 2.73. The van der Waals surface area contributed by atoms with Crippen molar-refractivity contribution in [3.05, 3.63) is 32.9 Å². The summed E-state index contributed by atoms with van der Waals surface area (Å²) >= 11 is 0. The summed E-state index contributed by atoms with van der Waals surface area (Å²) in [5.41, 5.74) is 7.47. The highest BCUT2D eigenvalue weighted by atomic mass is 16.6. The summed E-state index contributed by atoms with van der Waals surface area (Å²) in [5.74, 6) is -0.502. The minimum atomic E-state index is -0.871. The standard InChI is InChI=1S/C10H12N4O4/c1-5-3-7(4-12-13-10(11)16)9(15)8(6(5)2)14(17)18/h3-4,15H,1-2H3,(H3,11,13,16). The van der Waals surface area contributed by atoms with Crippen molar-refractivity contribution >= 4 is 17.9 Å². The molecule has 1 aromatic rings. The Hall–Kier alpha value is -2.64. The Morgan fingerprint density at radius 1 is 1.61 bits per heavy atom. The Morgan fingerprint density at radius 3 is 2.72 bits per heavy atom. The molecule has 8 nitrogen and oxygen atoms in total. The molecule has 18 heavy (non-hydrogen) atoms. The normalized spacial score (nSPS) is 10.6. The maximum absolute atomic E-state index is 10.8. The number of hydrazone groups is 1. The summed E-state index contributed by atoms with van der Waals surface area (Å²) < 4.78 is 0. The molecule has 0 spiro atoms. The second kappa shape index (κ2) is 5.13. The first-order valence-electron chi connectivity index (χ1n) is 4.90. The molecule has 0 saturated carbocycles. The Bertz CT molecular complexity index is 539. The fourth-order valence-electron chi connectivity index (χ4n) is 1.40. The van der Waals surface area contributed by atoms with E-state index in [0.29, 0.717) is 11.1 Å². The molecule has 0 aromatic heterocycles. The predicted molar refractivity (Wildman–Crippen MR) is 64.5 cm³/mol. The number of nitro groups is 1. The van der Waals surface area contributed by atoms with E-state index in [4.69, 9.17) is 5.73 Å². The molecule has 0 radical (unpaired) electrons. The molecule has 0 atom stereocenters. The van der Waals surface area contributed by atoms with Crippen molar-refractivity contribution in [2.24, 2.45) is 10.8 Å². The van der Waals surface area contributed by atoms with Gasteiger partial charge in [-0.2, -0.15) is 5.10 Å². The zero-order chi connectivity index (χ0) is 13.9. The third-order valence-electron chi connectivity index (χ3n) is 2.38. The first-order valence-corrected chi connectivity index (χ1v) is 4.90. The van der Waals surface area contributed by atoms with E-state index in [9.17, 15) is 20.0 Å². The number of carbonyl (C=O) groups excluding carboxylic acids is 1. The van der Waals surface area contributed by atoms with Crippen LogP contribution >= 0.6 is 0 Å². The lowest BCUT2D eigenvalue weighted by atomic mass is 10.0. The quantitative estimate of drug-likeness (QED) is 0.419. The van der Waals surface area contributed by atoms with Gasteiger partial charge in [0.1, 0.15) is 0 Å². The maximum Gasteiger partial charge on any atom is 0.332 e. The van der Waals surface area contributed by atoms with Crippen molar-refractivity contribution in [3.8, 4) is 5.75 Å². The van der Waals surface area contributed by atoms with Gasteiger partial charge in [-0.3, -0.25) is 10.1 Å². The number of phenolic OH excluding ortho intramolecular Hbond substituents is 1. The molecule has 8 heteroatoms. The van der Waals surface area contributed by atoms with E-state index in [1.807, 2.05) is 5.43 Å². The number of benzene rings is 1. The van der Waals surface area contributed by atoms with Gasteiger partial charge in [-0.25, -0.2) is 10.2 Å². The molecule has 0 aliphatic carbocycles. The number of aryl methyl sites for hydroxylation is 1. The molecular weight excluding hydrogens is 240 g/mol. The van der Waals surface area contributed by atoms with Crippen LogP contribution in [0, 0.1) is 24.0 Å². The number of amides is 2. The van der Waals surface area contributed by atoms with Gasteiger partial charge < -0.3 is 10.8 Å². The molecule has 0 fully saturated rings. The van der Waals surface area contributed by atoms with Gasteiger partial charge in [-0.15, -0.1) is 0 Å². The number of rotatable bonds is 3. The van der Waals surface area contributed by atoms with Crippen LogP contribution < -0.4 is 11.2 Å². The van der Waals surface area contributed by atoms with Crippen molar-refractivity contribution in [1.82, 2.24) is 5.43 Å². The van der Waals surface area contributed by atoms with Crippen LogP contribution in [0.5, 0.6) is 5.75 Å². The molecule has 0 bridgehead atoms. The van der Waals surface area contributed by atoms with Crippen LogP contribution in [-0.2, 0) is 0 Å². The van der Waals surface area contributed by atoms with E-state index in [1.54, 1.807) is 6.92 Å². The van der Waals surface area contributed by atoms with Crippen LogP contribution in [0.4, 0.5) is 10.5 Å². The van der Waals surface area contributed by atoms with Crippen molar-refractivity contribution in [2.45, 2.75) is 13.8 Å². The first kappa shape index (κ1) is 13.4. The lowest BCUT2D eigenvalue weighted by molar-refractivity contribution is -0.386. The number of carbonyl (C=O) groups is 1. The van der Waals surface area contributed by atoms with Gasteiger partial charge in [-0.05, 0) is 25.5 Å². The fraction of sp³-hybridized carbons (Fsp3) is 0.200. The SMILES string of the molecule is Cc1cc(C=NNC(N)=O)c(O)c([N+](=O)[O-])c1C. The predicted octanol–water partition coefficient (Wildman–Crippen LogP) is 0.919. The number of nitrogens with one attached hydrogen (secondary N) is 1. The molecule has 0 saturated heterocycles. The van der Waals surface area contributed by atoms with Gasteiger partial charge in [-0.1, -0.05) is 0 Å². The number of aromatic hydroxyl groups is 1. The first-order chi connectivity index (χ1) is 8.34. The maximum atomic E-state index is 10.8. The van der Waals surface area contributed by atoms with E-state index >= 15 is 0 Å². The van der Waals surface area contributed by atoms with Crippen LogP contribution in [0.25, 0.3) is 0 Å². The number of primary amides is 1. The fourth-order valence-corrected chi connectivity index (χ4v) is 1.40. The summed E-state index contributed by atoms with van der Waals surface area (Å²) in [4.78, 5) is 20.6. The smallest absolute Gasteiger partial charge is 0.332 e. The second-order valence-electron chi connectivity index (χ2n) is 3.60. The summed E-state index contributed by atoms with van der Waals surface area (Å²) in [5, 5.41) is 24.0. The van der Waals surface area contributed by atoms with Crippen LogP contribution in [0.15, 0.2) is 11.2 Å². The van der Waals surface area contributed by atoms with Crippen LogP contribution in [-0.4, -0.2) is 22.3 Å². The van der Waals surface area contributed by atoms with Gasteiger partial charge in [0.15, 0.2) is 0 Å². The van der Waals surface area contributed by atoms with Crippen molar-refractivity contribution in [3.63, 3.8) is 0 Å². The van der Waals surface area contributed by atoms with Gasteiger partial charge in [0.05, 0.1) is 11.1 Å². The zero-order valence-corrected chi connectivity index (χ0v) is 9.80. The summed E-state index contributed by atoms with van der Waals surface area (Å²) in [6, 6.07) is 0.646. The number of hydrogen-bond donors (Lipinski definition) is 3. The molecule has 0 aliphatic heterocycles. The molecule has 1 aromatic carbocycles. The summed E-state index contributed by atoms with van der Waals surface area (Å²) in [6.45, 7) is 3.20. The van der Waals surface area contributed by atoms with Gasteiger partial charge in [0.2, 0.25) is 5.75 Å². The topological polar surface area (TPSA) is 131 Å². The summed E-state index contributed by atoms with van der Waals surface area (Å²) in [7, 11) is 0. The second-order valence-corrected chi connectivity index (χ2v) is 3.60.